The summed E-state index contributed by atoms with van der Waals surface area (Å²) < 4.78 is 4.74. The van der Waals surface area contributed by atoms with Crippen LogP contribution in [0.25, 0.3) is 0 Å². The van der Waals surface area contributed by atoms with E-state index in [0.29, 0.717) is 0 Å². The molecule has 8 heteroatoms. The lowest BCUT2D eigenvalue weighted by atomic mass is 10.1. The Morgan fingerprint density at radius 1 is 1.40 bits per heavy atom. The number of carbonyl (C=O) groups excluding carboxylic acids is 1. The van der Waals surface area contributed by atoms with Gasteiger partial charge in [-0.05, 0) is 11.6 Å². The van der Waals surface area contributed by atoms with Gasteiger partial charge in [-0.15, -0.1) is 0 Å². The lowest BCUT2D eigenvalue weighted by molar-refractivity contribution is -0.385. The third kappa shape index (κ3) is 4.77. The fraction of sp³-hybridized carbons (Fsp3) is 0.176. The molecule has 0 aliphatic rings. The number of phenolic OH excluding ortho intramolecular Hbond substituents is 1. The van der Waals surface area contributed by atoms with Gasteiger partial charge in [0.1, 0.15) is 0 Å². The maximum absolute atomic E-state index is 11.9. The number of nitrogens with zero attached hydrogens (tertiary/aromatic N) is 2. The van der Waals surface area contributed by atoms with Crippen molar-refractivity contribution in [2.75, 3.05) is 7.11 Å². The van der Waals surface area contributed by atoms with Crippen LogP contribution in [0.4, 0.5) is 5.69 Å². The van der Waals surface area contributed by atoms with Gasteiger partial charge in [0.25, 0.3) is 0 Å². The van der Waals surface area contributed by atoms with Crippen LogP contribution in [0.2, 0.25) is 5.02 Å². The highest BCUT2D eigenvalue weighted by Crippen LogP contribution is 2.32. The van der Waals surface area contributed by atoms with E-state index in [0.717, 1.165) is 11.6 Å². The van der Waals surface area contributed by atoms with E-state index < -0.39 is 28.4 Å². The van der Waals surface area contributed by atoms with E-state index in [4.69, 9.17) is 16.3 Å². The molecule has 0 unspecified atom stereocenters. The number of phenols is 1. The Bertz CT molecular complexity index is 808. The summed E-state index contributed by atoms with van der Waals surface area (Å²) in [5, 5.41) is 21.0. The van der Waals surface area contributed by atoms with Gasteiger partial charge in [-0.2, -0.15) is 0 Å². The molecule has 0 heterocycles. The summed E-state index contributed by atoms with van der Waals surface area (Å²) in [6.45, 7) is 0. The number of nitro groups is 1. The molecule has 0 radical (unpaired) electrons. The van der Waals surface area contributed by atoms with Crippen LogP contribution >= 0.6 is 11.6 Å². The summed E-state index contributed by atoms with van der Waals surface area (Å²) in [5.74, 6) is -1.13. The van der Waals surface area contributed by atoms with Gasteiger partial charge in [0.15, 0.2) is 6.04 Å². The molecule has 0 aliphatic heterocycles. The monoisotopic (exact) mass is 362 g/mol. The van der Waals surface area contributed by atoms with Gasteiger partial charge in [-0.3, -0.25) is 15.1 Å². The molecule has 0 fully saturated rings. The Kier molecular flexibility index (Phi) is 6.08. The van der Waals surface area contributed by atoms with Gasteiger partial charge in [-0.1, -0.05) is 41.9 Å². The average molecular weight is 363 g/mol. The quantitative estimate of drug-likeness (QED) is 0.368. The topological polar surface area (TPSA) is 102 Å². The number of esters is 1. The summed E-state index contributed by atoms with van der Waals surface area (Å²) in [5.41, 5.74) is 0.379. The van der Waals surface area contributed by atoms with E-state index >= 15 is 0 Å². The number of ether oxygens (including phenoxy) is 1. The fourth-order valence-corrected chi connectivity index (χ4v) is 2.40. The third-order valence-electron chi connectivity index (χ3n) is 3.42. The summed E-state index contributed by atoms with van der Waals surface area (Å²) in [4.78, 5) is 26.2. The predicted octanol–water partition coefficient (Wildman–Crippen LogP) is 3.16. The van der Waals surface area contributed by atoms with Gasteiger partial charge in [0.2, 0.25) is 5.75 Å². The van der Waals surface area contributed by atoms with Crippen LogP contribution < -0.4 is 0 Å². The Hall–Kier alpha value is -2.93. The predicted molar refractivity (Wildman–Crippen MR) is 93.3 cm³/mol. The van der Waals surface area contributed by atoms with E-state index in [-0.39, 0.29) is 17.0 Å². The molecule has 1 N–H and O–H groups in total. The molecule has 0 spiro atoms. The number of benzene rings is 2. The van der Waals surface area contributed by atoms with Gasteiger partial charge in [0.05, 0.1) is 12.0 Å². The number of halogens is 1. The molecule has 2 rings (SSSR count). The summed E-state index contributed by atoms with van der Waals surface area (Å²) in [7, 11) is 1.25. The highest BCUT2D eigenvalue weighted by molar-refractivity contribution is 6.31. The Labute approximate surface area is 148 Å². The zero-order valence-electron chi connectivity index (χ0n) is 13.3. The van der Waals surface area contributed by atoms with Crippen molar-refractivity contribution in [3.63, 3.8) is 0 Å². The average Bonchev–Trinajstić information content (AvgIpc) is 2.60. The number of hydrogen-bond donors (Lipinski definition) is 1. The zero-order chi connectivity index (χ0) is 18.4. The van der Waals surface area contributed by atoms with Crippen molar-refractivity contribution in [1.82, 2.24) is 0 Å². The van der Waals surface area contributed by atoms with E-state index in [1.165, 1.54) is 19.4 Å². The number of hydrogen-bond acceptors (Lipinski definition) is 6. The SMILES string of the molecule is COC(=O)[C@H](Cc1ccccc1)N=Cc1cc(Cl)cc([N+](=O)[O-])c1O. The van der Waals surface area contributed by atoms with Crippen LogP contribution in [-0.4, -0.2) is 35.4 Å². The molecule has 0 amide bonds. The summed E-state index contributed by atoms with van der Waals surface area (Å²) in [6.07, 6.45) is 1.46. The minimum atomic E-state index is -0.857. The second kappa shape index (κ2) is 8.25. The molecule has 2 aromatic carbocycles. The first-order valence-electron chi connectivity index (χ1n) is 7.24. The van der Waals surface area contributed by atoms with Crippen LogP contribution in [0.3, 0.4) is 0 Å². The van der Waals surface area contributed by atoms with Crippen molar-refractivity contribution in [3.8, 4) is 5.75 Å². The number of nitro benzene ring substituents is 1. The largest absolute Gasteiger partial charge is 0.502 e. The number of aliphatic imine (C=N–C) groups is 1. The van der Waals surface area contributed by atoms with Crippen LogP contribution in [0.15, 0.2) is 47.5 Å². The third-order valence-corrected chi connectivity index (χ3v) is 3.64. The molecule has 0 saturated carbocycles. The van der Waals surface area contributed by atoms with Crippen LogP contribution in [0.5, 0.6) is 5.75 Å². The Morgan fingerprint density at radius 3 is 2.68 bits per heavy atom. The molecular formula is C17H15ClN2O5. The Balaban J connectivity index is 2.32. The van der Waals surface area contributed by atoms with Crippen LogP contribution in [0.1, 0.15) is 11.1 Å². The van der Waals surface area contributed by atoms with Gasteiger partial charge < -0.3 is 9.84 Å². The van der Waals surface area contributed by atoms with Crippen molar-refractivity contribution < 1.29 is 19.6 Å². The number of rotatable bonds is 6. The lowest BCUT2D eigenvalue weighted by Crippen LogP contribution is -2.23. The molecule has 25 heavy (non-hydrogen) atoms. The van der Waals surface area contributed by atoms with Crippen molar-refractivity contribution in [3.05, 3.63) is 68.7 Å². The number of aromatic hydroxyl groups is 1. The summed E-state index contributed by atoms with van der Waals surface area (Å²) in [6, 6.07) is 10.7. The first kappa shape index (κ1) is 18.4. The van der Waals surface area contributed by atoms with E-state index in [1.807, 2.05) is 30.3 Å². The van der Waals surface area contributed by atoms with Crippen molar-refractivity contribution in [2.45, 2.75) is 12.5 Å². The van der Waals surface area contributed by atoms with Gasteiger partial charge in [-0.25, -0.2) is 4.79 Å². The Morgan fingerprint density at radius 2 is 2.08 bits per heavy atom. The highest BCUT2D eigenvalue weighted by atomic mass is 35.5. The fourth-order valence-electron chi connectivity index (χ4n) is 2.18. The summed E-state index contributed by atoms with van der Waals surface area (Å²) >= 11 is 5.83. The van der Waals surface area contributed by atoms with Crippen LogP contribution in [0, 0.1) is 10.1 Å². The normalized spacial score (nSPS) is 12.1. The molecule has 0 bridgehead atoms. The lowest BCUT2D eigenvalue weighted by Gasteiger charge is -2.10. The minimum Gasteiger partial charge on any atom is -0.502 e. The molecule has 2 aromatic rings. The van der Waals surface area contributed by atoms with Gasteiger partial charge >= 0.3 is 11.7 Å². The standard InChI is InChI=1S/C17H15ClN2O5/c1-25-17(22)14(7-11-5-3-2-4-6-11)19-10-12-8-13(18)9-15(16(12)21)20(23)24/h2-6,8-10,14,21H,7H2,1H3/t14-/m0/s1. The maximum Gasteiger partial charge on any atom is 0.330 e. The highest BCUT2D eigenvalue weighted by Gasteiger charge is 2.20. The van der Waals surface area contributed by atoms with E-state index in [9.17, 15) is 20.0 Å². The molecule has 0 saturated heterocycles. The second-order valence-electron chi connectivity index (χ2n) is 5.13. The molecule has 0 aliphatic carbocycles. The zero-order valence-corrected chi connectivity index (χ0v) is 14.0. The maximum atomic E-state index is 11.9. The number of carbonyl (C=O) groups is 1. The van der Waals surface area contributed by atoms with Crippen molar-refractivity contribution in [1.29, 1.82) is 0 Å². The second-order valence-corrected chi connectivity index (χ2v) is 5.56. The first-order valence-corrected chi connectivity index (χ1v) is 7.62. The molecule has 1 atom stereocenters. The van der Waals surface area contributed by atoms with Crippen molar-refractivity contribution >= 4 is 29.5 Å². The van der Waals surface area contributed by atoms with Crippen LogP contribution in [-0.2, 0) is 16.0 Å². The molecular weight excluding hydrogens is 348 g/mol. The molecule has 0 aromatic heterocycles. The van der Waals surface area contributed by atoms with E-state index in [2.05, 4.69) is 4.99 Å². The molecule has 130 valence electrons. The number of methoxy groups -OCH3 is 1. The van der Waals surface area contributed by atoms with E-state index in [1.54, 1.807) is 0 Å². The van der Waals surface area contributed by atoms with Crippen molar-refractivity contribution in [2.24, 2.45) is 4.99 Å². The molecule has 7 nitrogen and oxygen atoms in total. The first-order chi connectivity index (χ1) is 11.9. The minimum absolute atomic E-state index is 0.0427. The van der Waals surface area contributed by atoms with Gasteiger partial charge in [0, 0.05) is 29.3 Å². The smallest absolute Gasteiger partial charge is 0.330 e.